The maximum atomic E-state index is 4.43. The van der Waals surface area contributed by atoms with Gasteiger partial charge in [0, 0.05) is 43.5 Å². The van der Waals surface area contributed by atoms with Crippen LogP contribution < -0.4 is 5.32 Å². The lowest BCUT2D eigenvalue weighted by molar-refractivity contribution is 0.317. The maximum absolute atomic E-state index is 4.43. The van der Waals surface area contributed by atoms with Gasteiger partial charge < -0.3 is 5.32 Å². The van der Waals surface area contributed by atoms with Crippen molar-refractivity contribution >= 4 is 0 Å². The van der Waals surface area contributed by atoms with E-state index in [2.05, 4.69) is 31.3 Å². The van der Waals surface area contributed by atoms with E-state index in [0.29, 0.717) is 6.04 Å². The summed E-state index contributed by atoms with van der Waals surface area (Å²) < 4.78 is 1.72. The van der Waals surface area contributed by atoms with Gasteiger partial charge >= 0.3 is 0 Å². The Morgan fingerprint density at radius 3 is 3.05 bits per heavy atom. The highest BCUT2D eigenvalue weighted by molar-refractivity contribution is 5.32. The Morgan fingerprint density at radius 1 is 1.29 bits per heavy atom. The average molecular weight is 284 g/mol. The van der Waals surface area contributed by atoms with Crippen molar-refractivity contribution in [3.8, 4) is 5.82 Å². The van der Waals surface area contributed by atoms with Crippen molar-refractivity contribution in [3.63, 3.8) is 0 Å². The lowest BCUT2D eigenvalue weighted by Gasteiger charge is -2.16. The van der Waals surface area contributed by atoms with Crippen LogP contribution in [0.2, 0.25) is 0 Å². The number of hydrogen-bond donors (Lipinski definition) is 1. The van der Waals surface area contributed by atoms with E-state index in [1.807, 2.05) is 6.07 Å². The van der Waals surface area contributed by atoms with Gasteiger partial charge in [-0.15, -0.1) is 0 Å². The first-order chi connectivity index (χ1) is 10.4. The summed E-state index contributed by atoms with van der Waals surface area (Å²) in [4.78, 5) is 11.1. The summed E-state index contributed by atoms with van der Waals surface area (Å²) in [5.41, 5.74) is 1.16. The van der Waals surface area contributed by atoms with Gasteiger partial charge in [0.2, 0.25) is 0 Å². The van der Waals surface area contributed by atoms with Crippen molar-refractivity contribution in [2.75, 3.05) is 13.1 Å². The molecular weight excluding hydrogens is 264 g/mol. The van der Waals surface area contributed by atoms with Gasteiger partial charge in [-0.2, -0.15) is 5.10 Å². The molecule has 110 valence electrons. The molecule has 0 bridgehead atoms. The van der Waals surface area contributed by atoms with E-state index in [9.17, 15) is 0 Å². The predicted octanol–water partition coefficient (Wildman–Crippen LogP) is 0.989. The van der Waals surface area contributed by atoms with Crippen LogP contribution in [0.1, 0.15) is 24.8 Å². The van der Waals surface area contributed by atoms with Gasteiger partial charge in [-0.1, -0.05) is 6.07 Å². The van der Waals surface area contributed by atoms with Crippen LogP contribution in [0.15, 0.2) is 31.0 Å². The van der Waals surface area contributed by atoms with Gasteiger partial charge in [0.05, 0.1) is 0 Å². The summed E-state index contributed by atoms with van der Waals surface area (Å²) in [7, 11) is 0. The maximum Gasteiger partial charge on any atom is 0.159 e. The molecule has 1 aliphatic carbocycles. The van der Waals surface area contributed by atoms with E-state index >= 15 is 0 Å². The summed E-state index contributed by atoms with van der Waals surface area (Å²) >= 11 is 0. The van der Waals surface area contributed by atoms with Gasteiger partial charge in [-0.05, 0) is 25.3 Å². The Labute approximate surface area is 124 Å². The minimum Gasteiger partial charge on any atom is -0.308 e. The van der Waals surface area contributed by atoms with Crippen molar-refractivity contribution in [3.05, 3.63) is 36.5 Å². The van der Waals surface area contributed by atoms with Crippen LogP contribution in [-0.4, -0.2) is 49.8 Å². The second-order valence-corrected chi connectivity index (χ2v) is 5.92. The fraction of sp³-hybridized carbons (Fsp3) is 0.533. The van der Waals surface area contributed by atoms with Crippen LogP contribution in [0, 0.1) is 0 Å². The molecule has 1 saturated carbocycles. The van der Waals surface area contributed by atoms with Gasteiger partial charge in [0.1, 0.15) is 12.7 Å². The fourth-order valence-corrected chi connectivity index (χ4v) is 3.07. The molecule has 0 radical (unpaired) electrons. The number of hydrogen-bond acceptors (Lipinski definition) is 5. The molecule has 3 heterocycles. The standard InChI is InChI=1S/C15H20N6/c1-2-12(15(17-6-1)21-11-16-10-19-21)8-18-13-5-7-20(9-13)14-3-4-14/h1-2,6,10-11,13-14,18H,3-5,7-9H2. The smallest absolute Gasteiger partial charge is 0.159 e. The zero-order valence-electron chi connectivity index (χ0n) is 12.0. The molecule has 0 aromatic carbocycles. The topological polar surface area (TPSA) is 58.9 Å². The lowest BCUT2D eigenvalue weighted by Crippen LogP contribution is -2.33. The van der Waals surface area contributed by atoms with Gasteiger partial charge in [0.15, 0.2) is 5.82 Å². The Kier molecular flexibility index (Phi) is 3.40. The van der Waals surface area contributed by atoms with Crippen LogP contribution >= 0.6 is 0 Å². The average Bonchev–Trinajstić information content (AvgIpc) is 3.04. The molecule has 1 atom stereocenters. The van der Waals surface area contributed by atoms with Crippen molar-refractivity contribution in [2.45, 2.75) is 37.9 Å². The van der Waals surface area contributed by atoms with E-state index < -0.39 is 0 Å². The molecule has 2 aliphatic rings. The molecule has 1 unspecified atom stereocenters. The molecule has 6 nitrogen and oxygen atoms in total. The minimum absolute atomic E-state index is 0.592. The van der Waals surface area contributed by atoms with Crippen LogP contribution in [0.25, 0.3) is 5.82 Å². The molecule has 21 heavy (non-hydrogen) atoms. The van der Waals surface area contributed by atoms with Crippen molar-refractivity contribution in [2.24, 2.45) is 0 Å². The molecule has 4 rings (SSSR count). The van der Waals surface area contributed by atoms with Gasteiger partial charge in [-0.3, -0.25) is 4.90 Å². The minimum atomic E-state index is 0.592. The second-order valence-electron chi connectivity index (χ2n) is 5.92. The van der Waals surface area contributed by atoms with Gasteiger partial charge in [0.25, 0.3) is 0 Å². The van der Waals surface area contributed by atoms with Gasteiger partial charge in [-0.25, -0.2) is 14.6 Å². The van der Waals surface area contributed by atoms with Crippen LogP contribution in [0.4, 0.5) is 0 Å². The molecule has 6 heteroatoms. The van der Waals surface area contributed by atoms with E-state index in [1.165, 1.54) is 38.7 Å². The van der Waals surface area contributed by atoms with E-state index in [4.69, 9.17) is 0 Å². The van der Waals surface area contributed by atoms with Crippen LogP contribution in [-0.2, 0) is 6.54 Å². The molecule has 2 aromatic rings. The monoisotopic (exact) mass is 284 g/mol. The molecule has 2 fully saturated rings. The Balaban J connectivity index is 1.41. The fourth-order valence-electron chi connectivity index (χ4n) is 3.07. The summed E-state index contributed by atoms with van der Waals surface area (Å²) in [6.07, 6.45) is 9.06. The number of nitrogens with one attached hydrogen (secondary N) is 1. The highest BCUT2D eigenvalue weighted by Gasteiger charge is 2.34. The lowest BCUT2D eigenvalue weighted by atomic mass is 10.2. The highest BCUT2D eigenvalue weighted by atomic mass is 15.3. The Hall–Kier alpha value is -1.79. The number of nitrogens with zero attached hydrogens (tertiary/aromatic N) is 5. The van der Waals surface area contributed by atoms with Crippen molar-refractivity contribution in [1.82, 2.24) is 30.0 Å². The molecule has 1 saturated heterocycles. The predicted molar refractivity (Wildman–Crippen MR) is 79.0 cm³/mol. The van der Waals surface area contributed by atoms with E-state index in [1.54, 1.807) is 17.2 Å². The highest BCUT2D eigenvalue weighted by Crippen LogP contribution is 2.29. The third-order valence-electron chi connectivity index (χ3n) is 4.37. The first-order valence-corrected chi connectivity index (χ1v) is 7.66. The normalized spacial score (nSPS) is 22.8. The first kappa shape index (κ1) is 12.9. The van der Waals surface area contributed by atoms with Crippen molar-refractivity contribution < 1.29 is 0 Å². The SMILES string of the molecule is c1cnc(-n2cncn2)c(CNC2CCN(C3CC3)C2)c1. The number of aromatic nitrogens is 4. The third kappa shape index (κ3) is 2.82. The van der Waals surface area contributed by atoms with Crippen molar-refractivity contribution in [1.29, 1.82) is 0 Å². The van der Waals surface area contributed by atoms with Crippen LogP contribution in [0.5, 0.6) is 0 Å². The Bertz CT molecular complexity index is 592. The third-order valence-corrected chi connectivity index (χ3v) is 4.37. The second kappa shape index (κ2) is 5.54. The van der Waals surface area contributed by atoms with E-state index in [0.717, 1.165) is 24.0 Å². The van der Waals surface area contributed by atoms with Crippen LogP contribution in [0.3, 0.4) is 0 Å². The molecule has 0 spiro atoms. The zero-order valence-corrected chi connectivity index (χ0v) is 12.0. The summed E-state index contributed by atoms with van der Waals surface area (Å²) in [6.45, 7) is 3.25. The molecule has 1 N–H and O–H groups in total. The number of pyridine rings is 1. The summed E-state index contributed by atoms with van der Waals surface area (Å²) in [5.74, 6) is 0.861. The van der Waals surface area contributed by atoms with E-state index in [-0.39, 0.29) is 0 Å². The largest absolute Gasteiger partial charge is 0.308 e. The first-order valence-electron chi connectivity index (χ1n) is 7.66. The quantitative estimate of drug-likeness (QED) is 0.887. The Morgan fingerprint density at radius 2 is 2.24 bits per heavy atom. The molecular formula is C15H20N6. The zero-order chi connectivity index (χ0) is 14.1. The summed E-state index contributed by atoms with van der Waals surface area (Å²) in [5, 5.41) is 7.85. The molecule has 1 aliphatic heterocycles. The molecule has 0 amide bonds. The summed E-state index contributed by atoms with van der Waals surface area (Å²) in [6, 6.07) is 5.54. The molecule has 2 aromatic heterocycles. The number of rotatable bonds is 5. The number of likely N-dealkylation sites (tertiary alicyclic amines) is 1.